The van der Waals surface area contributed by atoms with Gasteiger partial charge >= 0.3 is 17.1 Å². The van der Waals surface area contributed by atoms with Crippen molar-refractivity contribution < 1.29 is 26.8 Å². The van der Waals surface area contributed by atoms with Gasteiger partial charge in [-0.25, -0.2) is 0 Å². The Morgan fingerprint density at radius 1 is 0.341 bits per heavy atom. The number of benzene rings is 19. The van der Waals surface area contributed by atoms with Crippen LogP contribution < -0.4 is 0 Å². The number of amides is 1. The molecule has 29 aromatic rings. The zero-order chi connectivity index (χ0) is 51.4. The van der Waals surface area contributed by atoms with Crippen LogP contribution in [0.5, 0.6) is 0 Å². The predicted molar refractivity (Wildman–Crippen MR) is 344 cm³/mol. The molecule has 0 bridgehead atoms. The van der Waals surface area contributed by atoms with Crippen molar-refractivity contribution in [1.82, 2.24) is 4.90 Å². The number of nitrogens with zero attached hydrogens (tertiary/aromatic N) is 2. The Labute approximate surface area is 480 Å². The predicted octanol–water partition coefficient (Wildman–Crippen LogP) is 19.2. The molecular formula is C79H16FeN2O3+2. The van der Waals surface area contributed by atoms with Crippen LogP contribution in [0.15, 0.2) is 24.3 Å². The average Bonchev–Trinajstić information content (AvgIpc) is 1.40. The number of hydrogen-bond donors (Lipinski definition) is 0. The average molecular weight is 1100 g/mol. The third-order valence-electron chi connectivity index (χ3n) is 27.8. The van der Waals surface area contributed by atoms with Crippen LogP contribution in [0.3, 0.4) is 0 Å². The molecule has 3 fully saturated rings. The van der Waals surface area contributed by atoms with Gasteiger partial charge < -0.3 is 4.90 Å². The number of carbonyl (C=O) groups is 1. The molecule has 5 nitrogen and oxygen atoms in total. The monoisotopic (exact) mass is 1100 g/mol. The minimum absolute atomic E-state index is 0. The van der Waals surface area contributed by atoms with Crippen molar-refractivity contribution >= 4 is 302 Å². The first-order valence-electron chi connectivity index (χ1n) is 30.3. The van der Waals surface area contributed by atoms with E-state index in [0.717, 1.165) is 0 Å². The largest absolute Gasteiger partial charge is 2.00 e. The molecule has 10 radical (unpaired) electrons. The maximum Gasteiger partial charge on any atom is 2.00 e. The van der Waals surface area contributed by atoms with Gasteiger partial charge in [0.15, 0.2) is 0 Å². The Balaban J connectivity index is 0.000000645. The fourth-order valence-electron chi connectivity index (χ4n) is 27.2. The molecule has 6 heteroatoms. The summed E-state index contributed by atoms with van der Waals surface area (Å²) in [5.41, 5.74) is 5.34. The number of likely N-dealkylation sites (tertiary alicyclic amines) is 1. The van der Waals surface area contributed by atoms with Gasteiger partial charge in [-0.2, -0.15) is 0 Å². The minimum atomic E-state index is -0.691. The fourth-order valence-corrected chi connectivity index (χ4v) is 27.2. The van der Waals surface area contributed by atoms with E-state index in [0.29, 0.717) is 12.1 Å². The van der Waals surface area contributed by atoms with Crippen molar-refractivity contribution in [3.05, 3.63) is 126 Å². The van der Waals surface area contributed by atoms with E-state index in [1.165, 1.54) is 114 Å². The molecule has 2 saturated carbocycles. The van der Waals surface area contributed by atoms with E-state index in [-0.39, 0.29) is 39.6 Å². The van der Waals surface area contributed by atoms with Gasteiger partial charge in [0.2, 0.25) is 0 Å². The number of nitro benzene ring substituents is 1. The Hall–Kier alpha value is -8.93. The van der Waals surface area contributed by atoms with Crippen molar-refractivity contribution in [2.75, 3.05) is 6.54 Å². The second kappa shape index (κ2) is 9.16. The van der Waals surface area contributed by atoms with E-state index in [4.69, 9.17) is 0 Å². The van der Waals surface area contributed by atoms with Crippen molar-refractivity contribution in [2.24, 2.45) is 0 Å². The summed E-state index contributed by atoms with van der Waals surface area (Å²) in [6, 6.07) is 6.22. The Morgan fingerprint density at radius 3 is 0.800 bits per heavy atom. The molecule has 29 aromatic carbocycles. The SMILES string of the molecule is O=C(c1ccc([N+](=O)[O-])cc1)N1CC23c4c5c6c7c8c9c(c%10c%11c2c2c4c4c%12c5c5c6c6c8c8c%13c9c9c%10c%10c%11c%11c2c2c4c4c%12c%12c5c5c6c8c6c8c%13c9c9c%10c%10c%11c2c2c4c4c%12c5c6c5c8c9c%10c2c45)C73C1[C]1[CH][CH][CH][CH]1.[CH]1[CH][CH][CH][CH]1.[Fe+2]. The standard InChI is InChI=1S/C74H11N2O3.C5H5.Fe/c77-72(11-5-7-12(8-6-11)76(78)79)75-9-73-67-59-51-41-31-23-15-13-14-17-21-19(15)27-35-29(21)39-33-25(17)26-18(14)22-20-16(13)24(23)32-38-28(20)36-30(22)40-34(26)44-43(33)55-49(39)57-47(35)53(45(51)37(27)31)61(67)63(57)69-65(55)66-56(44)50(40)58-48(36)54-46(38)52(42(32)41)60(59)68(73)62(54)64(58)70(66)74(69,73)71(75)10-3-1-2-4-10;1-2-4-5-3-1;/h1-8,71H,9H2;1-5H;/q;;+2. The molecule has 1 saturated heterocycles. The Kier molecular flexibility index (Phi) is 3.95. The summed E-state index contributed by atoms with van der Waals surface area (Å²) in [6.07, 6.45) is 19.1. The summed E-state index contributed by atoms with van der Waals surface area (Å²) >= 11 is 0. The van der Waals surface area contributed by atoms with Crippen molar-refractivity contribution in [3.63, 3.8) is 0 Å². The van der Waals surface area contributed by atoms with Gasteiger partial charge in [0.1, 0.15) is 0 Å². The maximum absolute atomic E-state index is 16.6. The summed E-state index contributed by atoms with van der Waals surface area (Å²) in [4.78, 5) is 30.9. The second-order valence-corrected chi connectivity index (χ2v) is 28.8. The van der Waals surface area contributed by atoms with Crippen LogP contribution in [0.25, 0.3) is 291 Å². The minimum Gasteiger partial charge on any atom is -0.332 e. The van der Waals surface area contributed by atoms with E-state index in [1.807, 2.05) is 32.1 Å². The van der Waals surface area contributed by atoms with Gasteiger partial charge in [-0.05, 0) is 383 Å². The fraction of sp³-hybridized carbons (Fsp3) is 0.0506. The van der Waals surface area contributed by atoms with E-state index < -0.39 is 10.8 Å². The Bertz CT molecular complexity index is 7730. The van der Waals surface area contributed by atoms with Crippen LogP contribution in [-0.2, 0) is 27.9 Å². The molecule has 1 atom stereocenters. The first-order valence-corrected chi connectivity index (χ1v) is 30.3. The molecule has 85 heavy (non-hydrogen) atoms. The van der Waals surface area contributed by atoms with Gasteiger partial charge in [-0.3, -0.25) is 14.9 Å². The maximum atomic E-state index is 16.6. The summed E-state index contributed by atoms with van der Waals surface area (Å²) in [6.45, 7) is 0.536. The number of carbonyl (C=O) groups excluding carboxylic acids is 1. The molecule has 366 valence electrons. The van der Waals surface area contributed by atoms with Crippen LogP contribution >= 0.6 is 0 Å². The summed E-state index contributed by atoms with van der Waals surface area (Å²) in [5, 5.41) is 96.3. The van der Waals surface area contributed by atoms with Gasteiger partial charge in [0.25, 0.3) is 11.6 Å². The quantitative estimate of drug-likeness (QED) is 0.0766. The van der Waals surface area contributed by atoms with E-state index in [1.54, 1.807) is 229 Å². The molecule has 1 heterocycles. The molecule has 0 aromatic heterocycles. The molecule has 7 aliphatic rings. The normalized spacial score (nSPS) is 23.2. The first-order chi connectivity index (χ1) is 41.6. The zero-order valence-electron chi connectivity index (χ0n) is 43.3. The van der Waals surface area contributed by atoms with E-state index >= 15 is 4.79 Å². The second-order valence-electron chi connectivity index (χ2n) is 28.8. The summed E-state index contributed by atoms with van der Waals surface area (Å²) in [7, 11) is 0. The third kappa shape index (κ3) is 2.30. The van der Waals surface area contributed by atoms with Crippen molar-refractivity contribution in [1.29, 1.82) is 0 Å². The topological polar surface area (TPSA) is 63.4 Å². The molecule has 0 N–H and O–H groups in total. The van der Waals surface area contributed by atoms with Gasteiger partial charge in [0, 0.05) is 30.2 Å². The van der Waals surface area contributed by atoms with Crippen LogP contribution in [0, 0.1) is 73.8 Å². The molecule has 1 amide bonds. The molecule has 36 rings (SSSR count). The van der Waals surface area contributed by atoms with Crippen LogP contribution in [-0.4, -0.2) is 28.3 Å². The third-order valence-corrected chi connectivity index (χ3v) is 27.8. The first kappa shape index (κ1) is 36.7. The summed E-state index contributed by atoms with van der Waals surface area (Å²) < 4.78 is 0. The molecule has 1 unspecified atom stereocenters. The van der Waals surface area contributed by atoms with Crippen LogP contribution in [0.2, 0.25) is 0 Å². The van der Waals surface area contributed by atoms with Crippen LogP contribution in [0.1, 0.15) is 32.6 Å². The van der Waals surface area contributed by atoms with Gasteiger partial charge in [-0.15, -0.1) is 0 Å². The number of nitro groups is 1. The van der Waals surface area contributed by atoms with Crippen molar-refractivity contribution in [3.8, 4) is 0 Å². The van der Waals surface area contributed by atoms with Gasteiger partial charge in [0.05, 0.1) is 21.8 Å². The van der Waals surface area contributed by atoms with E-state index in [9.17, 15) is 10.1 Å². The van der Waals surface area contributed by atoms with Crippen LogP contribution in [0.4, 0.5) is 5.69 Å². The molecular weight excluding hydrogens is 1080 g/mol. The Morgan fingerprint density at radius 2 is 0.565 bits per heavy atom. The smallest absolute Gasteiger partial charge is 0.332 e. The van der Waals surface area contributed by atoms with E-state index in [2.05, 4.69) is 30.6 Å². The van der Waals surface area contributed by atoms with Crippen molar-refractivity contribution in [2.45, 2.75) is 16.9 Å². The number of hydrogen-bond acceptors (Lipinski definition) is 3. The molecule has 6 aliphatic carbocycles. The molecule has 1 aliphatic heterocycles. The van der Waals surface area contributed by atoms with Gasteiger partial charge in [-0.1, -0.05) is 0 Å². The zero-order valence-corrected chi connectivity index (χ0v) is 44.4. The number of rotatable bonds is 3. The summed E-state index contributed by atoms with van der Waals surface area (Å²) in [5.74, 6) is 1.17. The molecule has 2 spiro atoms. The number of non-ortho nitro benzene ring substituents is 1.